The molecule has 0 aliphatic rings. The van der Waals surface area contributed by atoms with Gasteiger partial charge in [0.25, 0.3) is 0 Å². The lowest BCUT2D eigenvalue weighted by Crippen LogP contribution is -2.26. The summed E-state index contributed by atoms with van der Waals surface area (Å²) in [5.74, 6) is 0.390. The zero-order valence-corrected chi connectivity index (χ0v) is 19.9. The average Bonchev–Trinajstić information content (AvgIpc) is 3.11. The van der Waals surface area contributed by atoms with Gasteiger partial charge in [-0.25, -0.2) is 23.1 Å². The number of nitriles is 1. The van der Waals surface area contributed by atoms with Crippen LogP contribution in [0.4, 0.5) is 0 Å². The molecule has 0 atom stereocenters. The molecule has 0 unspecified atom stereocenters. The maximum atomic E-state index is 12.4. The fraction of sp³-hybridized carbons (Fsp3) is 0.211. The highest BCUT2D eigenvalue weighted by atomic mass is 35.5. The van der Waals surface area contributed by atoms with Crippen molar-refractivity contribution in [3.05, 3.63) is 56.0 Å². The first kappa shape index (κ1) is 23.0. The molecule has 30 heavy (non-hydrogen) atoms. The van der Waals surface area contributed by atoms with Crippen molar-refractivity contribution in [3.63, 3.8) is 0 Å². The van der Waals surface area contributed by atoms with Gasteiger partial charge in [-0.1, -0.05) is 23.2 Å². The maximum Gasteiger partial charge on any atom is 0.242 e. The summed E-state index contributed by atoms with van der Waals surface area (Å²) in [6, 6.07) is 8.14. The predicted octanol–water partition coefficient (Wildman–Crippen LogP) is 5.07. The predicted molar refractivity (Wildman–Crippen MR) is 122 cm³/mol. The molecule has 0 radical (unpaired) electrons. The normalized spacial score (nSPS) is 11.4. The van der Waals surface area contributed by atoms with Gasteiger partial charge in [-0.05, 0) is 38.1 Å². The van der Waals surface area contributed by atoms with E-state index in [-0.39, 0.29) is 16.5 Å². The third-order valence-electron chi connectivity index (χ3n) is 4.01. The van der Waals surface area contributed by atoms with Crippen molar-refractivity contribution in [3.8, 4) is 17.3 Å². The number of sulfonamides is 1. The van der Waals surface area contributed by atoms with E-state index in [0.29, 0.717) is 21.4 Å². The number of hydrogen-bond donors (Lipinski definition) is 1. The van der Waals surface area contributed by atoms with Crippen molar-refractivity contribution in [1.82, 2.24) is 14.7 Å². The third-order valence-corrected chi connectivity index (χ3v) is 7.96. The van der Waals surface area contributed by atoms with Crippen LogP contribution >= 0.6 is 46.3 Å². The zero-order chi connectivity index (χ0) is 21.9. The Labute approximate surface area is 193 Å². The molecule has 0 aliphatic heterocycles. The number of hydrogen-bond acceptors (Lipinski definition) is 7. The van der Waals surface area contributed by atoms with Crippen LogP contribution in [0.5, 0.6) is 0 Å². The summed E-state index contributed by atoms with van der Waals surface area (Å²) in [6.07, 6.45) is 0. The Morgan fingerprint density at radius 1 is 1.23 bits per heavy atom. The van der Waals surface area contributed by atoms with Crippen molar-refractivity contribution in [2.75, 3.05) is 12.3 Å². The largest absolute Gasteiger partial charge is 0.245 e. The molecule has 1 N–H and O–H groups in total. The quantitative estimate of drug-likeness (QED) is 0.360. The summed E-state index contributed by atoms with van der Waals surface area (Å²) < 4.78 is 27.4. The molecule has 3 rings (SSSR count). The fourth-order valence-electron chi connectivity index (χ4n) is 2.61. The number of nitrogens with zero attached hydrogens (tertiary/aromatic N) is 3. The van der Waals surface area contributed by atoms with Crippen LogP contribution in [0.25, 0.3) is 11.3 Å². The molecule has 0 aliphatic carbocycles. The first-order valence-corrected chi connectivity index (χ1v) is 12.7. The molecule has 1 aromatic carbocycles. The SMILES string of the molecule is Cc1nc(-c2cc(C#N)c(SCCNS(=O)(=O)c3ccc(Cl)cc3Cl)nc2C)cs1. The molecule has 156 valence electrons. The molecular weight excluding hydrogens is 483 g/mol. The Bertz CT molecular complexity index is 1240. The number of pyridine rings is 1. The van der Waals surface area contributed by atoms with Gasteiger partial charge in [-0.15, -0.1) is 23.1 Å². The van der Waals surface area contributed by atoms with E-state index in [1.807, 2.05) is 19.2 Å². The standard InChI is InChI=1S/C19H16Cl2N4O2S3/c1-11-15(17-10-29-12(2)25-17)7-13(9-22)19(24-11)28-6-5-23-30(26,27)18-4-3-14(20)8-16(18)21/h3-4,7-8,10,23H,5-6H2,1-2H3. The van der Waals surface area contributed by atoms with E-state index >= 15 is 0 Å². The van der Waals surface area contributed by atoms with Crippen molar-refractivity contribution in [2.45, 2.75) is 23.8 Å². The smallest absolute Gasteiger partial charge is 0.242 e. The molecule has 3 aromatic rings. The fourth-order valence-corrected chi connectivity index (χ4v) is 6.02. The number of thiazole rings is 1. The van der Waals surface area contributed by atoms with Crippen LogP contribution < -0.4 is 4.72 Å². The number of aryl methyl sites for hydroxylation is 2. The number of rotatable bonds is 7. The summed E-state index contributed by atoms with van der Waals surface area (Å²) in [5, 5.41) is 13.4. The average molecular weight is 499 g/mol. The minimum atomic E-state index is -3.77. The zero-order valence-electron chi connectivity index (χ0n) is 15.9. The van der Waals surface area contributed by atoms with Gasteiger partial charge < -0.3 is 0 Å². The molecule has 2 aromatic heterocycles. The van der Waals surface area contributed by atoms with Crippen LogP contribution in [0.2, 0.25) is 10.0 Å². The second kappa shape index (κ2) is 9.64. The highest BCUT2D eigenvalue weighted by molar-refractivity contribution is 7.99. The van der Waals surface area contributed by atoms with Crippen molar-refractivity contribution >= 4 is 56.3 Å². The Morgan fingerprint density at radius 2 is 2.00 bits per heavy atom. The monoisotopic (exact) mass is 498 g/mol. The van der Waals surface area contributed by atoms with E-state index in [1.165, 1.54) is 41.3 Å². The van der Waals surface area contributed by atoms with Gasteiger partial charge in [-0.3, -0.25) is 0 Å². The summed E-state index contributed by atoms with van der Waals surface area (Å²) in [4.78, 5) is 8.96. The molecule has 0 spiro atoms. The molecule has 0 fully saturated rings. The molecule has 0 saturated carbocycles. The number of aromatic nitrogens is 2. The van der Waals surface area contributed by atoms with E-state index < -0.39 is 10.0 Å². The lowest BCUT2D eigenvalue weighted by atomic mass is 10.1. The molecule has 0 saturated heterocycles. The van der Waals surface area contributed by atoms with Crippen LogP contribution in [0.15, 0.2) is 39.6 Å². The number of benzene rings is 1. The van der Waals surface area contributed by atoms with Crippen LogP contribution in [0, 0.1) is 25.2 Å². The van der Waals surface area contributed by atoms with Gasteiger partial charge in [0.05, 0.1) is 21.3 Å². The Morgan fingerprint density at radius 3 is 2.63 bits per heavy atom. The van der Waals surface area contributed by atoms with Gasteiger partial charge in [-0.2, -0.15) is 5.26 Å². The van der Waals surface area contributed by atoms with E-state index in [0.717, 1.165) is 22.0 Å². The van der Waals surface area contributed by atoms with E-state index in [2.05, 4.69) is 20.8 Å². The van der Waals surface area contributed by atoms with Crippen LogP contribution in [-0.2, 0) is 10.0 Å². The number of halogens is 2. The van der Waals surface area contributed by atoms with Crippen molar-refractivity contribution in [2.24, 2.45) is 0 Å². The highest BCUT2D eigenvalue weighted by Crippen LogP contribution is 2.30. The minimum absolute atomic E-state index is 0.0341. The van der Waals surface area contributed by atoms with Gasteiger partial charge >= 0.3 is 0 Å². The minimum Gasteiger partial charge on any atom is -0.245 e. The van der Waals surface area contributed by atoms with Gasteiger partial charge in [0, 0.05) is 34.0 Å². The molecule has 0 bridgehead atoms. The number of nitrogens with one attached hydrogen (secondary N) is 1. The molecule has 0 amide bonds. The second-order valence-corrected chi connectivity index (χ2v) is 10.9. The molecule has 6 nitrogen and oxygen atoms in total. The van der Waals surface area contributed by atoms with E-state index in [4.69, 9.17) is 23.2 Å². The van der Waals surface area contributed by atoms with Crippen LogP contribution in [0.3, 0.4) is 0 Å². The summed E-state index contributed by atoms with van der Waals surface area (Å²) in [5.41, 5.74) is 2.80. The first-order chi connectivity index (χ1) is 14.2. The third kappa shape index (κ3) is 5.32. The topological polar surface area (TPSA) is 95.7 Å². The Balaban J connectivity index is 1.69. The molecular formula is C19H16Cl2N4O2S3. The molecule has 2 heterocycles. The van der Waals surface area contributed by atoms with Crippen LogP contribution in [-0.4, -0.2) is 30.7 Å². The van der Waals surface area contributed by atoms with Crippen molar-refractivity contribution in [1.29, 1.82) is 5.26 Å². The van der Waals surface area contributed by atoms with Gasteiger partial charge in [0.15, 0.2) is 0 Å². The molecule has 11 heteroatoms. The van der Waals surface area contributed by atoms with Crippen molar-refractivity contribution < 1.29 is 8.42 Å². The Kier molecular flexibility index (Phi) is 7.39. The van der Waals surface area contributed by atoms with Gasteiger partial charge in [0.2, 0.25) is 10.0 Å². The van der Waals surface area contributed by atoms with E-state index in [9.17, 15) is 13.7 Å². The maximum absolute atomic E-state index is 12.4. The lowest BCUT2D eigenvalue weighted by molar-refractivity contribution is 0.584. The Hall–Kier alpha value is -1.67. The van der Waals surface area contributed by atoms with E-state index in [1.54, 1.807) is 6.07 Å². The number of thioether (sulfide) groups is 1. The summed E-state index contributed by atoms with van der Waals surface area (Å²) in [6.45, 7) is 3.93. The lowest BCUT2D eigenvalue weighted by Gasteiger charge is -2.10. The van der Waals surface area contributed by atoms with Crippen LogP contribution in [0.1, 0.15) is 16.3 Å². The first-order valence-electron chi connectivity index (χ1n) is 8.63. The highest BCUT2D eigenvalue weighted by Gasteiger charge is 2.18. The summed E-state index contributed by atoms with van der Waals surface area (Å²) in [7, 11) is -3.77. The van der Waals surface area contributed by atoms with Gasteiger partial charge in [0.1, 0.15) is 16.0 Å². The second-order valence-electron chi connectivity index (χ2n) is 6.16. The summed E-state index contributed by atoms with van der Waals surface area (Å²) >= 11 is 14.6.